The quantitative estimate of drug-likeness (QED) is 0.0553. The zero-order chi connectivity index (χ0) is 46.3. The standard InChI is InChI=1S/C53H84O8Si2/c1-15-17-23-48(57-38-42-26-30-44(55-10)31-27-42)49-34-33-46(59-49)36-45(56-37-41-24-28-43(54-9)29-25-41)32-35-50(61-63(13,14)53(6,7)8)51(58-39-40-21-19-18-20-22-40)47(16-2)60-62(11,12)52(3,4)5/h16,18-22,24-31,45-51H,2,15,17,23,32-39H2,1,3-14H3/t45-,46-,47-,48-,49-,50-,51+/m1/s1. The van der Waals surface area contributed by atoms with Crippen molar-refractivity contribution in [1.29, 1.82) is 0 Å². The Kier molecular flexibility index (Phi) is 20.7. The molecule has 3 aromatic carbocycles. The molecular formula is C53H84O8Si2. The molecule has 0 bridgehead atoms. The maximum atomic E-state index is 7.48. The molecule has 352 valence electrons. The number of methoxy groups -OCH3 is 2. The first-order chi connectivity index (χ1) is 29.8. The van der Waals surface area contributed by atoms with Crippen LogP contribution in [0.25, 0.3) is 0 Å². The van der Waals surface area contributed by atoms with E-state index in [4.69, 9.17) is 37.3 Å². The van der Waals surface area contributed by atoms with Gasteiger partial charge in [0.05, 0.1) is 70.7 Å². The summed E-state index contributed by atoms with van der Waals surface area (Å²) in [5, 5.41) is -0.0102. The summed E-state index contributed by atoms with van der Waals surface area (Å²) in [4.78, 5) is 0. The van der Waals surface area contributed by atoms with Crippen molar-refractivity contribution in [2.45, 2.75) is 199 Å². The summed E-state index contributed by atoms with van der Waals surface area (Å²) in [7, 11) is -1.16. The summed E-state index contributed by atoms with van der Waals surface area (Å²) in [5.41, 5.74) is 3.35. The molecule has 1 aliphatic rings. The molecule has 0 spiro atoms. The highest BCUT2D eigenvalue weighted by atomic mass is 28.4. The van der Waals surface area contributed by atoms with Crippen LogP contribution in [0.4, 0.5) is 0 Å². The average molecular weight is 905 g/mol. The third-order valence-electron chi connectivity index (χ3n) is 13.7. The first kappa shape index (κ1) is 52.8. The van der Waals surface area contributed by atoms with Gasteiger partial charge in [0.2, 0.25) is 0 Å². The Hall–Kier alpha value is -2.81. The normalized spacial score (nSPS) is 18.7. The molecule has 7 atom stereocenters. The van der Waals surface area contributed by atoms with Crippen molar-refractivity contribution in [2.24, 2.45) is 0 Å². The molecule has 0 radical (unpaired) electrons. The maximum Gasteiger partial charge on any atom is 0.193 e. The Balaban J connectivity index is 1.62. The van der Waals surface area contributed by atoms with Crippen LogP contribution in [-0.2, 0) is 47.6 Å². The van der Waals surface area contributed by atoms with Crippen molar-refractivity contribution in [3.05, 3.63) is 108 Å². The Morgan fingerprint density at radius 1 is 0.667 bits per heavy atom. The molecule has 1 fully saturated rings. The minimum atomic E-state index is -2.31. The van der Waals surface area contributed by atoms with Gasteiger partial charge in [-0.25, -0.2) is 0 Å². The molecule has 0 unspecified atom stereocenters. The van der Waals surface area contributed by atoms with Crippen LogP contribution in [0.1, 0.15) is 117 Å². The van der Waals surface area contributed by atoms with Crippen molar-refractivity contribution in [3.63, 3.8) is 0 Å². The number of benzene rings is 3. The fraction of sp³-hybridized carbons (Fsp3) is 0.623. The highest BCUT2D eigenvalue weighted by Crippen LogP contribution is 2.42. The summed E-state index contributed by atoms with van der Waals surface area (Å²) in [6.07, 6.45) is 8.34. The van der Waals surface area contributed by atoms with E-state index in [1.54, 1.807) is 14.2 Å². The van der Waals surface area contributed by atoms with Crippen molar-refractivity contribution >= 4 is 16.6 Å². The van der Waals surface area contributed by atoms with Crippen molar-refractivity contribution < 1.29 is 37.3 Å². The number of hydrogen-bond acceptors (Lipinski definition) is 8. The number of ether oxygens (including phenoxy) is 6. The van der Waals surface area contributed by atoms with Crippen LogP contribution in [0.5, 0.6) is 11.5 Å². The second-order valence-electron chi connectivity index (χ2n) is 20.6. The lowest BCUT2D eigenvalue weighted by atomic mass is 9.98. The summed E-state index contributed by atoms with van der Waals surface area (Å²) >= 11 is 0. The first-order valence-corrected chi connectivity index (χ1v) is 29.4. The van der Waals surface area contributed by atoms with Gasteiger partial charge in [-0.15, -0.1) is 6.58 Å². The van der Waals surface area contributed by atoms with E-state index < -0.39 is 16.6 Å². The van der Waals surface area contributed by atoms with Gasteiger partial charge < -0.3 is 37.3 Å². The van der Waals surface area contributed by atoms with Crippen molar-refractivity contribution in [3.8, 4) is 11.5 Å². The van der Waals surface area contributed by atoms with E-state index in [0.29, 0.717) is 19.8 Å². The fourth-order valence-electron chi connectivity index (χ4n) is 7.53. The predicted molar refractivity (Wildman–Crippen MR) is 264 cm³/mol. The molecule has 4 rings (SSSR count). The monoisotopic (exact) mass is 905 g/mol. The van der Waals surface area contributed by atoms with E-state index in [0.717, 1.165) is 79.6 Å². The van der Waals surface area contributed by atoms with Gasteiger partial charge in [-0.3, -0.25) is 0 Å². The highest BCUT2D eigenvalue weighted by Gasteiger charge is 2.46. The summed E-state index contributed by atoms with van der Waals surface area (Å²) in [5.74, 6) is 1.68. The number of rotatable bonds is 27. The van der Waals surface area contributed by atoms with Crippen LogP contribution in [-0.4, -0.2) is 73.6 Å². The highest BCUT2D eigenvalue weighted by molar-refractivity contribution is 6.74. The van der Waals surface area contributed by atoms with Crippen LogP contribution in [0.15, 0.2) is 91.5 Å². The van der Waals surface area contributed by atoms with E-state index in [-0.39, 0.29) is 52.8 Å². The molecular weight excluding hydrogens is 821 g/mol. The molecule has 1 saturated heterocycles. The van der Waals surface area contributed by atoms with Crippen LogP contribution >= 0.6 is 0 Å². The minimum absolute atomic E-state index is 0.00380. The van der Waals surface area contributed by atoms with Crippen molar-refractivity contribution in [2.75, 3.05) is 14.2 Å². The van der Waals surface area contributed by atoms with Gasteiger partial charge in [-0.2, -0.15) is 0 Å². The van der Waals surface area contributed by atoms with E-state index in [1.165, 1.54) is 0 Å². The smallest absolute Gasteiger partial charge is 0.193 e. The summed E-state index contributed by atoms with van der Waals surface area (Å²) in [6, 6.07) is 26.7. The average Bonchev–Trinajstić information content (AvgIpc) is 3.72. The van der Waals surface area contributed by atoms with Gasteiger partial charge >= 0.3 is 0 Å². The Labute approximate surface area is 385 Å². The molecule has 1 aliphatic heterocycles. The first-order valence-electron chi connectivity index (χ1n) is 23.6. The van der Waals surface area contributed by atoms with Crippen LogP contribution in [0.3, 0.4) is 0 Å². The van der Waals surface area contributed by atoms with Crippen LogP contribution in [0.2, 0.25) is 36.3 Å². The van der Waals surface area contributed by atoms with Crippen LogP contribution < -0.4 is 9.47 Å². The molecule has 10 heteroatoms. The predicted octanol–water partition coefficient (Wildman–Crippen LogP) is 13.6. The lowest BCUT2D eigenvalue weighted by Crippen LogP contribution is -2.54. The minimum Gasteiger partial charge on any atom is -0.497 e. The van der Waals surface area contributed by atoms with E-state index in [2.05, 4.69) is 130 Å². The van der Waals surface area contributed by atoms with E-state index >= 15 is 0 Å². The number of hydrogen-bond donors (Lipinski definition) is 0. The Morgan fingerprint density at radius 3 is 1.71 bits per heavy atom. The van der Waals surface area contributed by atoms with Gasteiger partial charge in [-0.05, 0) is 116 Å². The zero-order valence-electron chi connectivity index (χ0n) is 41.4. The second-order valence-corrected chi connectivity index (χ2v) is 30.1. The summed E-state index contributed by atoms with van der Waals surface area (Å²) in [6.45, 7) is 31.1. The van der Waals surface area contributed by atoms with E-state index in [1.807, 2.05) is 36.4 Å². The molecule has 1 heterocycles. The molecule has 3 aromatic rings. The van der Waals surface area contributed by atoms with E-state index in [9.17, 15) is 0 Å². The van der Waals surface area contributed by atoms with Gasteiger partial charge in [0, 0.05) is 0 Å². The maximum absolute atomic E-state index is 7.48. The molecule has 63 heavy (non-hydrogen) atoms. The molecule has 8 nitrogen and oxygen atoms in total. The molecule has 0 N–H and O–H groups in total. The molecule has 0 amide bonds. The molecule has 0 saturated carbocycles. The van der Waals surface area contributed by atoms with Gasteiger partial charge in [-0.1, -0.05) is 122 Å². The fourth-order valence-corrected chi connectivity index (χ4v) is 10.2. The molecule has 0 aliphatic carbocycles. The lowest BCUT2D eigenvalue weighted by molar-refractivity contribution is -0.0990. The van der Waals surface area contributed by atoms with Gasteiger partial charge in [0.25, 0.3) is 0 Å². The van der Waals surface area contributed by atoms with Gasteiger partial charge in [0.15, 0.2) is 16.6 Å². The lowest BCUT2D eigenvalue weighted by Gasteiger charge is -2.45. The topological polar surface area (TPSA) is 73.8 Å². The summed E-state index contributed by atoms with van der Waals surface area (Å²) < 4.78 is 53.1. The van der Waals surface area contributed by atoms with Crippen LogP contribution in [0, 0.1) is 0 Å². The third kappa shape index (κ3) is 16.5. The SMILES string of the molecule is C=C[C@@H](O[Si](C)(C)C(C)(C)C)[C@H](OCc1ccccc1)[C@@H](CC[C@H](C[C@H]1CC[C@H]([C@@H](CCCC)OCc2ccc(OC)cc2)O1)OCc1ccc(OC)cc1)O[Si](C)(C)C(C)(C)C. The third-order valence-corrected chi connectivity index (χ3v) is 22.6. The van der Waals surface area contributed by atoms with Gasteiger partial charge in [0.1, 0.15) is 17.6 Å². The number of unbranched alkanes of at least 4 members (excludes halogenated alkanes) is 1. The molecule has 0 aromatic heterocycles. The Bertz CT molecular complexity index is 1740. The Morgan fingerprint density at radius 2 is 1.19 bits per heavy atom. The zero-order valence-corrected chi connectivity index (χ0v) is 43.4. The largest absolute Gasteiger partial charge is 0.497 e. The van der Waals surface area contributed by atoms with Crippen molar-refractivity contribution in [1.82, 2.24) is 0 Å². The second kappa shape index (κ2) is 24.6.